The van der Waals surface area contributed by atoms with Gasteiger partial charge in [0.1, 0.15) is 6.54 Å². The van der Waals surface area contributed by atoms with Gasteiger partial charge in [0, 0.05) is 16.8 Å². The third kappa shape index (κ3) is 4.65. The fourth-order valence-electron chi connectivity index (χ4n) is 3.84. The van der Waals surface area contributed by atoms with Crippen LogP contribution in [0.2, 0.25) is 5.02 Å². The molecule has 8 nitrogen and oxygen atoms in total. The maximum atomic E-state index is 13.5. The number of amides is 1. The number of benzene rings is 3. The van der Waals surface area contributed by atoms with Crippen molar-refractivity contribution in [2.75, 3.05) is 19.5 Å². The molecule has 0 aliphatic heterocycles. The highest BCUT2D eigenvalue weighted by atomic mass is 35.5. The van der Waals surface area contributed by atoms with Gasteiger partial charge >= 0.3 is 5.69 Å². The van der Waals surface area contributed by atoms with E-state index < -0.39 is 17.2 Å². The number of nitrogens with one attached hydrogen (secondary N) is 1. The molecule has 4 aromatic rings. The molecule has 0 fully saturated rings. The molecule has 1 N–H and O–H groups in total. The largest absolute Gasteiger partial charge is 0.493 e. The van der Waals surface area contributed by atoms with E-state index in [4.69, 9.17) is 21.1 Å². The number of rotatable bonds is 6. The Balaban J connectivity index is 1.81. The van der Waals surface area contributed by atoms with Gasteiger partial charge in [-0.1, -0.05) is 17.7 Å². The predicted octanol–water partition coefficient (Wildman–Crippen LogP) is 4.08. The number of halogens is 1. The summed E-state index contributed by atoms with van der Waals surface area (Å²) in [4.78, 5) is 39.8. The zero-order valence-corrected chi connectivity index (χ0v) is 20.5. The third-order valence-corrected chi connectivity index (χ3v) is 6.06. The summed E-state index contributed by atoms with van der Waals surface area (Å²) in [6.07, 6.45) is 0. The monoisotopic (exact) mass is 493 g/mol. The van der Waals surface area contributed by atoms with Gasteiger partial charge in [0.2, 0.25) is 5.91 Å². The van der Waals surface area contributed by atoms with Crippen molar-refractivity contribution in [1.82, 2.24) is 9.13 Å². The molecule has 0 saturated heterocycles. The lowest BCUT2D eigenvalue weighted by Gasteiger charge is -2.15. The van der Waals surface area contributed by atoms with Crippen molar-refractivity contribution in [3.05, 3.63) is 91.6 Å². The molecule has 4 rings (SSSR count). The number of aromatic nitrogens is 2. The zero-order chi connectivity index (χ0) is 25.3. The van der Waals surface area contributed by atoms with Crippen LogP contribution in [0.25, 0.3) is 16.6 Å². The second-order valence-electron chi connectivity index (χ2n) is 8.06. The number of carbonyl (C=O) groups is 1. The van der Waals surface area contributed by atoms with Gasteiger partial charge in [-0.05, 0) is 67.4 Å². The molecule has 0 aliphatic rings. The Kier molecular flexibility index (Phi) is 6.66. The molecule has 0 atom stereocenters. The number of fused-ring (bicyclic) bond motifs is 1. The van der Waals surface area contributed by atoms with Gasteiger partial charge in [0.05, 0.1) is 30.8 Å². The van der Waals surface area contributed by atoms with Crippen LogP contribution < -0.4 is 26.0 Å². The number of hydrogen-bond donors (Lipinski definition) is 1. The first-order valence-electron chi connectivity index (χ1n) is 10.8. The maximum Gasteiger partial charge on any atom is 0.336 e. The second kappa shape index (κ2) is 9.68. The Bertz CT molecular complexity index is 1570. The van der Waals surface area contributed by atoms with Crippen LogP contribution >= 0.6 is 11.6 Å². The Morgan fingerprint density at radius 1 is 0.914 bits per heavy atom. The van der Waals surface area contributed by atoms with Crippen LogP contribution in [0.3, 0.4) is 0 Å². The molecular formula is C26H24ClN3O5. The molecule has 9 heteroatoms. The lowest BCUT2D eigenvalue weighted by molar-refractivity contribution is -0.116. The van der Waals surface area contributed by atoms with E-state index in [0.717, 1.165) is 15.7 Å². The van der Waals surface area contributed by atoms with E-state index >= 15 is 0 Å². The van der Waals surface area contributed by atoms with E-state index in [0.29, 0.717) is 27.9 Å². The molecule has 180 valence electrons. The molecule has 1 amide bonds. The minimum absolute atomic E-state index is 0.270. The first kappa shape index (κ1) is 24.1. The van der Waals surface area contributed by atoms with Gasteiger partial charge in [-0.2, -0.15) is 0 Å². The highest BCUT2D eigenvalue weighted by Crippen LogP contribution is 2.29. The molecule has 1 aromatic heterocycles. The summed E-state index contributed by atoms with van der Waals surface area (Å²) in [6, 6.07) is 14.9. The average molecular weight is 494 g/mol. The lowest BCUT2D eigenvalue weighted by Crippen LogP contribution is -2.40. The van der Waals surface area contributed by atoms with Crippen molar-refractivity contribution in [3.8, 4) is 17.2 Å². The number of nitrogens with zero attached hydrogens (tertiary/aromatic N) is 2. The Morgan fingerprint density at radius 2 is 1.66 bits per heavy atom. The summed E-state index contributed by atoms with van der Waals surface area (Å²) >= 11 is 6.17. The predicted molar refractivity (Wildman–Crippen MR) is 136 cm³/mol. The highest BCUT2D eigenvalue weighted by Gasteiger charge is 2.18. The molecule has 0 spiro atoms. The highest BCUT2D eigenvalue weighted by molar-refractivity contribution is 6.31. The van der Waals surface area contributed by atoms with Crippen molar-refractivity contribution in [2.24, 2.45) is 0 Å². The van der Waals surface area contributed by atoms with Gasteiger partial charge in [-0.15, -0.1) is 0 Å². The minimum atomic E-state index is -0.643. The first-order valence-corrected chi connectivity index (χ1v) is 11.2. The van der Waals surface area contributed by atoms with Crippen molar-refractivity contribution in [1.29, 1.82) is 0 Å². The number of methoxy groups -OCH3 is 2. The van der Waals surface area contributed by atoms with Crippen LogP contribution in [0.4, 0.5) is 5.69 Å². The molecule has 35 heavy (non-hydrogen) atoms. The van der Waals surface area contributed by atoms with E-state index in [1.807, 2.05) is 19.9 Å². The molecular weight excluding hydrogens is 470 g/mol. The molecule has 1 heterocycles. The standard InChI is InChI=1S/C26H24ClN3O5/c1-15-5-8-19(11-16(15)2)30-25(32)20-9-6-17(27)12-21(20)29(26(30)33)14-24(31)28-18-7-10-22(34-3)23(13-18)35-4/h5-13H,14H2,1-4H3,(H,28,31). The topological polar surface area (TPSA) is 91.6 Å². The molecule has 0 saturated carbocycles. The number of carbonyl (C=O) groups excluding carboxylic acids is 1. The zero-order valence-electron chi connectivity index (χ0n) is 19.7. The van der Waals surface area contributed by atoms with Gasteiger partial charge in [-0.25, -0.2) is 9.36 Å². The smallest absolute Gasteiger partial charge is 0.336 e. The summed E-state index contributed by atoms with van der Waals surface area (Å²) in [7, 11) is 3.01. The summed E-state index contributed by atoms with van der Waals surface area (Å²) in [5.74, 6) is 0.497. The van der Waals surface area contributed by atoms with Crippen molar-refractivity contribution in [3.63, 3.8) is 0 Å². The number of ether oxygens (including phenoxy) is 2. The average Bonchev–Trinajstić information content (AvgIpc) is 2.83. The number of hydrogen-bond acceptors (Lipinski definition) is 5. The lowest BCUT2D eigenvalue weighted by atomic mass is 10.1. The summed E-state index contributed by atoms with van der Waals surface area (Å²) in [5, 5.41) is 3.37. The Hall–Kier alpha value is -4.04. The fraction of sp³-hybridized carbons (Fsp3) is 0.192. The summed E-state index contributed by atoms with van der Waals surface area (Å²) in [5.41, 5.74) is 2.00. The Morgan fingerprint density at radius 3 is 2.34 bits per heavy atom. The van der Waals surface area contributed by atoms with Crippen LogP contribution in [0.15, 0.2) is 64.2 Å². The van der Waals surface area contributed by atoms with Gasteiger partial charge in [0.15, 0.2) is 11.5 Å². The van der Waals surface area contributed by atoms with E-state index in [1.165, 1.54) is 24.9 Å². The minimum Gasteiger partial charge on any atom is -0.493 e. The Labute approximate surface area is 206 Å². The van der Waals surface area contributed by atoms with Crippen molar-refractivity contribution >= 4 is 34.1 Å². The van der Waals surface area contributed by atoms with Crippen LogP contribution in [-0.4, -0.2) is 29.3 Å². The second-order valence-corrected chi connectivity index (χ2v) is 8.49. The summed E-state index contributed by atoms with van der Waals surface area (Å²) < 4.78 is 12.8. The fourth-order valence-corrected chi connectivity index (χ4v) is 4.01. The van der Waals surface area contributed by atoms with Gasteiger partial charge in [-0.3, -0.25) is 14.2 Å². The molecule has 0 radical (unpaired) electrons. The van der Waals surface area contributed by atoms with Crippen molar-refractivity contribution in [2.45, 2.75) is 20.4 Å². The normalized spacial score (nSPS) is 10.9. The first-order chi connectivity index (χ1) is 16.7. The molecule has 0 aliphatic carbocycles. The third-order valence-electron chi connectivity index (χ3n) is 5.82. The molecule has 0 bridgehead atoms. The maximum absolute atomic E-state index is 13.5. The van der Waals surface area contributed by atoms with Crippen LogP contribution in [0, 0.1) is 13.8 Å². The van der Waals surface area contributed by atoms with Crippen LogP contribution in [0.5, 0.6) is 11.5 Å². The van der Waals surface area contributed by atoms with E-state index in [2.05, 4.69) is 5.32 Å². The summed E-state index contributed by atoms with van der Waals surface area (Å²) in [6.45, 7) is 3.51. The van der Waals surface area contributed by atoms with Crippen LogP contribution in [0.1, 0.15) is 11.1 Å². The van der Waals surface area contributed by atoms with Gasteiger partial charge < -0.3 is 14.8 Å². The molecule has 0 unspecified atom stereocenters. The van der Waals surface area contributed by atoms with Crippen molar-refractivity contribution < 1.29 is 14.3 Å². The van der Waals surface area contributed by atoms with Crippen LogP contribution in [-0.2, 0) is 11.3 Å². The SMILES string of the molecule is COc1ccc(NC(=O)Cn2c(=O)n(-c3ccc(C)c(C)c3)c(=O)c3ccc(Cl)cc32)cc1OC. The number of anilines is 1. The molecule has 3 aromatic carbocycles. The van der Waals surface area contributed by atoms with Gasteiger partial charge in [0.25, 0.3) is 5.56 Å². The quantitative estimate of drug-likeness (QED) is 0.437. The van der Waals surface area contributed by atoms with E-state index in [-0.39, 0.29) is 17.4 Å². The van der Waals surface area contributed by atoms with E-state index in [9.17, 15) is 14.4 Å². The number of aryl methyl sites for hydroxylation is 2. The van der Waals surface area contributed by atoms with E-state index in [1.54, 1.807) is 42.5 Å².